The summed E-state index contributed by atoms with van der Waals surface area (Å²) in [6.07, 6.45) is 7.19. The Morgan fingerprint density at radius 2 is 1.93 bits per heavy atom. The normalized spacial score (nSPS) is 15.1. The minimum atomic E-state index is -0.488. The molecule has 1 aromatic carbocycles. The Labute approximate surface area is 243 Å². The van der Waals surface area contributed by atoms with Gasteiger partial charge < -0.3 is 14.3 Å². The first-order valence-corrected chi connectivity index (χ1v) is 14.2. The van der Waals surface area contributed by atoms with Gasteiger partial charge in [-0.1, -0.05) is 31.6 Å². The predicted octanol–water partition coefficient (Wildman–Crippen LogP) is 6.88. The van der Waals surface area contributed by atoms with Crippen LogP contribution in [0.25, 0.3) is 17.0 Å². The SMILES string of the molecule is C=C(C1=C(N(N)Cc2cccnc2)CC(C)(C)CC1)c1nc(-c2cc(C)c(CCC(=O)OC(C)(C)C)c(C)c2)no1. The lowest BCUT2D eigenvalue weighted by Gasteiger charge is -2.37. The Morgan fingerprint density at radius 1 is 1.22 bits per heavy atom. The van der Waals surface area contributed by atoms with Crippen molar-refractivity contribution in [3.05, 3.63) is 82.7 Å². The highest BCUT2D eigenvalue weighted by molar-refractivity contribution is 5.75. The highest BCUT2D eigenvalue weighted by atomic mass is 16.6. The van der Waals surface area contributed by atoms with E-state index in [1.165, 1.54) is 0 Å². The van der Waals surface area contributed by atoms with Gasteiger partial charge in [0.05, 0.1) is 6.54 Å². The molecule has 8 nitrogen and oxygen atoms in total. The van der Waals surface area contributed by atoms with E-state index in [0.717, 1.165) is 58.3 Å². The molecule has 2 heterocycles. The molecule has 1 aliphatic carbocycles. The van der Waals surface area contributed by atoms with Crippen molar-refractivity contribution in [2.75, 3.05) is 0 Å². The van der Waals surface area contributed by atoms with Crippen molar-refractivity contribution in [2.24, 2.45) is 11.3 Å². The first-order chi connectivity index (χ1) is 19.2. The van der Waals surface area contributed by atoms with Gasteiger partial charge in [0.2, 0.25) is 5.82 Å². The minimum absolute atomic E-state index is 0.117. The van der Waals surface area contributed by atoms with Crippen LogP contribution in [0.2, 0.25) is 0 Å². The van der Waals surface area contributed by atoms with E-state index in [1.54, 1.807) is 11.2 Å². The van der Waals surface area contributed by atoms with Gasteiger partial charge in [-0.15, -0.1) is 0 Å². The number of benzene rings is 1. The standard InChI is InChI=1S/C33H43N5O3/c1-21-16-25(17-22(2)26(21)11-12-29(39)40-32(4,5)6)30-36-31(41-37-30)23(3)27-13-14-33(7,8)18-28(27)38(34)20-24-10-9-15-35-19-24/h9-10,15-17,19H,3,11-14,18,20,34H2,1-2,4-8H3. The molecule has 0 aliphatic heterocycles. The lowest BCUT2D eigenvalue weighted by atomic mass is 9.75. The van der Waals surface area contributed by atoms with E-state index in [-0.39, 0.29) is 11.4 Å². The number of aryl methyl sites for hydroxylation is 2. The Bertz CT molecular complexity index is 1420. The number of esters is 1. The summed E-state index contributed by atoms with van der Waals surface area (Å²) in [5.41, 5.74) is 7.60. The van der Waals surface area contributed by atoms with Crippen molar-refractivity contribution >= 4 is 11.5 Å². The third-order valence-corrected chi connectivity index (χ3v) is 7.47. The van der Waals surface area contributed by atoms with E-state index in [0.29, 0.717) is 36.7 Å². The summed E-state index contributed by atoms with van der Waals surface area (Å²) in [6.45, 7) is 19.2. The van der Waals surface area contributed by atoms with Gasteiger partial charge in [0.25, 0.3) is 5.89 Å². The maximum absolute atomic E-state index is 12.3. The number of rotatable bonds is 9. The molecular formula is C33H43N5O3. The number of aromatic nitrogens is 3. The summed E-state index contributed by atoms with van der Waals surface area (Å²) in [6, 6.07) is 8.02. The van der Waals surface area contributed by atoms with Gasteiger partial charge in [-0.3, -0.25) is 9.78 Å². The Hall–Kier alpha value is -3.78. The largest absolute Gasteiger partial charge is 0.460 e. The van der Waals surface area contributed by atoms with Gasteiger partial charge in [-0.25, -0.2) is 5.84 Å². The molecule has 0 unspecified atom stereocenters. The molecule has 0 bridgehead atoms. The number of hydrazine groups is 1. The molecule has 0 fully saturated rings. The number of hydrogen-bond donors (Lipinski definition) is 1. The Balaban J connectivity index is 1.55. The number of hydrogen-bond acceptors (Lipinski definition) is 8. The van der Waals surface area contributed by atoms with Crippen LogP contribution in [0.5, 0.6) is 0 Å². The first-order valence-electron chi connectivity index (χ1n) is 14.2. The highest BCUT2D eigenvalue weighted by Crippen LogP contribution is 2.43. The van der Waals surface area contributed by atoms with Gasteiger partial charge in [0, 0.05) is 35.6 Å². The van der Waals surface area contributed by atoms with Crippen LogP contribution in [0.3, 0.4) is 0 Å². The molecule has 1 aliphatic rings. The lowest BCUT2D eigenvalue weighted by molar-refractivity contribution is -0.154. The van der Waals surface area contributed by atoms with Crippen LogP contribution in [-0.4, -0.2) is 31.7 Å². The van der Waals surface area contributed by atoms with Crippen LogP contribution in [0.1, 0.15) is 88.4 Å². The average Bonchev–Trinajstić information content (AvgIpc) is 3.37. The topological polar surface area (TPSA) is 107 Å². The lowest BCUT2D eigenvalue weighted by Crippen LogP contribution is -2.35. The van der Waals surface area contributed by atoms with Crippen molar-refractivity contribution in [3.63, 3.8) is 0 Å². The number of pyridine rings is 1. The molecule has 4 rings (SSSR count). The Kier molecular flexibility index (Phi) is 8.83. The second-order valence-corrected chi connectivity index (χ2v) is 12.8. The predicted molar refractivity (Wildman–Crippen MR) is 161 cm³/mol. The van der Waals surface area contributed by atoms with Crippen molar-refractivity contribution in [3.8, 4) is 11.4 Å². The number of ether oxygens (including phenoxy) is 1. The molecule has 0 amide bonds. The van der Waals surface area contributed by atoms with E-state index in [9.17, 15) is 4.79 Å². The molecule has 3 aromatic rings. The molecule has 0 atom stereocenters. The van der Waals surface area contributed by atoms with Gasteiger partial charge in [0.15, 0.2) is 0 Å². The summed E-state index contributed by atoms with van der Waals surface area (Å²) in [5.74, 6) is 7.34. The molecule has 41 heavy (non-hydrogen) atoms. The van der Waals surface area contributed by atoms with Gasteiger partial charge in [-0.05, 0) is 112 Å². The number of carbonyl (C=O) groups excluding carboxylic acids is 1. The molecule has 0 saturated carbocycles. The zero-order valence-electron chi connectivity index (χ0n) is 25.5. The number of carbonyl (C=O) groups is 1. The van der Waals surface area contributed by atoms with Crippen LogP contribution in [-0.2, 0) is 22.5 Å². The van der Waals surface area contributed by atoms with E-state index < -0.39 is 5.60 Å². The summed E-state index contributed by atoms with van der Waals surface area (Å²) < 4.78 is 11.2. The fourth-order valence-corrected chi connectivity index (χ4v) is 5.37. The van der Waals surface area contributed by atoms with Crippen LogP contribution in [0.15, 0.2) is 59.0 Å². The fourth-order valence-electron chi connectivity index (χ4n) is 5.37. The Morgan fingerprint density at radius 3 is 2.56 bits per heavy atom. The van der Waals surface area contributed by atoms with Gasteiger partial charge in [0.1, 0.15) is 5.60 Å². The van der Waals surface area contributed by atoms with E-state index in [1.807, 2.05) is 65.1 Å². The monoisotopic (exact) mass is 557 g/mol. The molecule has 2 aromatic heterocycles. The molecule has 2 N–H and O–H groups in total. The molecule has 218 valence electrons. The summed E-state index contributed by atoms with van der Waals surface area (Å²) in [4.78, 5) is 21.2. The van der Waals surface area contributed by atoms with Crippen molar-refractivity contribution in [1.29, 1.82) is 0 Å². The van der Waals surface area contributed by atoms with E-state index >= 15 is 0 Å². The molecule has 0 saturated heterocycles. The van der Waals surface area contributed by atoms with Crippen LogP contribution in [0.4, 0.5) is 0 Å². The zero-order valence-corrected chi connectivity index (χ0v) is 25.5. The molecule has 0 spiro atoms. The van der Waals surface area contributed by atoms with Crippen molar-refractivity contribution in [2.45, 2.75) is 92.7 Å². The average molecular weight is 558 g/mol. The third kappa shape index (κ3) is 7.70. The maximum Gasteiger partial charge on any atom is 0.306 e. The third-order valence-electron chi connectivity index (χ3n) is 7.47. The van der Waals surface area contributed by atoms with Crippen LogP contribution < -0.4 is 5.84 Å². The van der Waals surface area contributed by atoms with Crippen LogP contribution >= 0.6 is 0 Å². The summed E-state index contributed by atoms with van der Waals surface area (Å²) >= 11 is 0. The van der Waals surface area contributed by atoms with Crippen molar-refractivity contribution < 1.29 is 14.1 Å². The first kappa shape index (κ1) is 30.2. The summed E-state index contributed by atoms with van der Waals surface area (Å²) in [5, 5.41) is 6.10. The molecule has 0 radical (unpaired) electrons. The zero-order chi connectivity index (χ0) is 29.9. The quantitative estimate of drug-likeness (QED) is 0.172. The fraction of sp³-hybridized carbons (Fsp3) is 0.455. The van der Waals surface area contributed by atoms with E-state index in [2.05, 4.69) is 30.6 Å². The second kappa shape index (κ2) is 12.0. The summed E-state index contributed by atoms with van der Waals surface area (Å²) in [7, 11) is 0. The van der Waals surface area contributed by atoms with E-state index in [4.69, 9.17) is 20.1 Å². The van der Waals surface area contributed by atoms with Gasteiger partial charge in [-0.2, -0.15) is 4.98 Å². The van der Waals surface area contributed by atoms with Crippen molar-refractivity contribution in [1.82, 2.24) is 20.1 Å². The molecular weight excluding hydrogens is 514 g/mol. The number of nitrogens with zero attached hydrogens (tertiary/aromatic N) is 4. The second-order valence-electron chi connectivity index (χ2n) is 12.8. The number of allylic oxidation sites excluding steroid dienone is 3. The van der Waals surface area contributed by atoms with Crippen LogP contribution in [0, 0.1) is 19.3 Å². The highest BCUT2D eigenvalue weighted by Gasteiger charge is 2.32. The number of nitrogens with two attached hydrogens (primary N) is 1. The maximum atomic E-state index is 12.3. The smallest absolute Gasteiger partial charge is 0.306 e. The van der Waals surface area contributed by atoms with Gasteiger partial charge >= 0.3 is 5.97 Å². The molecule has 8 heteroatoms. The minimum Gasteiger partial charge on any atom is -0.460 e.